The zero-order chi connectivity index (χ0) is 17.4. The molecule has 1 aliphatic rings. The average Bonchev–Trinajstić information content (AvgIpc) is 2.87. The number of nitrogens with zero attached hydrogens (tertiary/aromatic N) is 3. The quantitative estimate of drug-likeness (QED) is 0.819. The molecule has 0 aliphatic carbocycles. The molecule has 0 saturated heterocycles. The number of aryl methyl sites for hydroxylation is 2. The van der Waals surface area contributed by atoms with Crippen molar-refractivity contribution < 1.29 is 13.2 Å². The van der Waals surface area contributed by atoms with Crippen molar-refractivity contribution in [3.05, 3.63) is 28.4 Å². The van der Waals surface area contributed by atoms with Crippen molar-refractivity contribution in [2.45, 2.75) is 46.7 Å². The smallest absolute Gasteiger partial charge is 0.223 e. The molecule has 2 rings (SSSR count). The molecule has 0 radical (unpaired) electrons. The summed E-state index contributed by atoms with van der Waals surface area (Å²) >= 11 is 0. The highest BCUT2D eigenvalue weighted by atomic mass is 32.2. The summed E-state index contributed by atoms with van der Waals surface area (Å²) in [6, 6.07) is 0.0449. The van der Waals surface area contributed by atoms with Crippen LogP contribution in [0.25, 0.3) is 0 Å². The Morgan fingerprint density at radius 1 is 1.43 bits per heavy atom. The first-order valence-electron chi connectivity index (χ1n) is 7.80. The van der Waals surface area contributed by atoms with Gasteiger partial charge in [-0.2, -0.15) is 5.10 Å². The predicted molar refractivity (Wildman–Crippen MR) is 89.4 cm³/mol. The zero-order valence-corrected chi connectivity index (χ0v) is 15.2. The van der Waals surface area contributed by atoms with Gasteiger partial charge in [0.1, 0.15) is 0 Å². The lowest BCUT2D eigenvalue weighted by Gasteiger charge is -2.28. The first kappa shape index (κ1) is 17.7. The third-order valence-electron chi connectivity index (χ3n) is 4.37. The van der Waals surface area contributed by atoms with Gasteiger partial charge in [-0.05, 0) is 27.7 Å². The fraction of sp³-hybridized carbons (Fsp3) is 0.625. The summed E-state index contributed by atoms with van der Waals surface area (Å²) in [5, 5.41) is 5.62. The van der Waals surface area contributed by atoms with Crippen molar-refractivity contribution in [3.63, 3.8) is 0 Å². The first-order chi connectivity index (χ1) is 10.6. The number of aromatic nitrogens is 2. The molecule has 0 saturated carbocycles. The minimum Gasteiger partial charge on any atom is -0.336 e. The van der Waals surface area contributed by atoms with Crippen molar-refractivity contribution in [2.75, 3.05) is 5.75 Å². The van der Waals surface area contributed by atoms with Crippen molar-refractivity contribution in [1.82, 2.24) is 14.7 Å². The number of rotatable bonds is 5. The van der Waals surface area contributed by atoms with Gasteiger partial charge in [0.25, 0.3) is 0 Å². The second-order valence-electron chi connectivity index (χ2n) is 6.51. The Kier molecular flexibility index (Phi) is 4.98. The molecule has 1 aliphatic heterocycles. The topological polar surface area (TPSA) is 72.3 Å². The lowest BCUT2D eigenvalue weighted by atomic mass is 10.1. The molecule has 0 spiro atoms. The van der Waals surface area contributed by atoms with E-state index >= 15 is 0 Å². The van der Waals surface area contributed by atoms with Gasteiger partial charge in [0, 0.05) is 48.6 Å². The van der Waals surface area contributed by atoms with Crippen molar-refractivity contribution in [3.8, 4) is 0 Å². The van der Waals surface area contributed by atoms with E-state index < -0.39 is 9.84 Å². The monoisotopic (exact) mass is 339 g/mol. The highest BCUT2D eigenvalue weighted by molar-refractivity contribution is 7.94. The summed E-state index contributed by atoms with van der Waals surface area (Å²) in [6.45, 7) is 8.38. The van der Waals surface area contributed by atoms with Crippen LogP contribution in [0.15, 0.2) is 11.5 Å². The Morgan fingerprint density at radius 3 is 2.52 bits per heavy atom. The molecule has 1 unspecified atom stereocenters. The second kappa shape index (κ2) is 6.47. The zero-order valence-electron chi connectivity index (χ0n) is 14.4. The molecule has 1 aromatic heterocycles. The fourth-order valence-corrected chi connectivity index (χ4v) is 4.28. The summed E-state index contributed by atoms with van der Waals surface area (Å²) in [7, 11) is -1.23. The van der Waals surface area contributed by atoms with Crippen molar-refractivity contribution in [1.29, 1.82) is 0 Å². The lowest BCUT2D eigenvalue weighted by Crippen LogP contribution is -2.37. The van der Waals surface area contributed by atoms with Gasteiger partial charge in [0.05, 0.1) is 11.4 Å². The molecule has 7 heteroatoms. The summed E-state index contributed by atoms with van der Waals surface area (Å²) in [4.78, 5) is 14.5. The van der Waals surface area contributed by atoms with Gasteiger partial charge in [0.15, 0.2) is 9.84 Å². The number of amides is 1. The van der Waals surface area contributed by atoms with Crippen LogP contribution in [0.3, 0.4) is 0 Å². The SMILES string of the molecule is Cc1nn(C)c(C)c1CN(C(=O)CC1C=CS(=O)(=O)C1)C(C)C. The molecule has 0 bridgehead atoms. The van der Waals surface area contributed by atoms with Gasteiger partial charge in [-0.1, -0.05) is 6.08 Å². The number of hydrogen-bond acceptors (Lipinski definition) is 4. The molecule has 1 atom stereocenters. The maximum atomic E-state index is 12.7. The van der Waals surface area contributed by atoms with Crippen LogP contribution in [0.4, 0.5) is 0 Å². The van der Waals surface area contributed by atoms with Crippen molar-refractivity contribution in [2.24, 2.45) is 13.0 Å². The molecule has 0 aromatic carbocycles. The number of hydrogen-bond donors (Lipinski definition) is 0. The van der Waals surface area contributed by atoms with E-state index in [0.717, 1.165) is 17.0 Å². The predicted octanol–water partition coefficient (Wildman–Crippen LogP) is 1.72. The summed E-state index contributed by atoms with van der Waals surface area (Å²) in [6.07, 6.45) is 1.86. The first-order valence-corrected chi connectivity index (χ1v) is 9.51. The fourth-order valence-electron chi connectivity index (χ4n) is 2.88. The van der Waals surface area contributed by atoms with Crippen molar-refractivity contribution >= 4 is 15.7 Å². The Hall–Kier alpha value is -1.63. The van der Waals surface area contributed by atoms with Crippen LogP contribution in [0, 0.1) is 19.8 Å². The highest BCUT2D eigenvalue weighted by Crippen LogP contribution is 2.22. The molecular formula is C16H25N3O3S. The van der Waals surface area contributed by atoms with E-state index in [1.54, 1.807) is 11.0 Å². The Morgan fingerprint density at radius 2 is 2.09 bits per heavy atom. The van der Waals surface area contributed by atoms with E-state index in [2.05, 4.69) is 5.10 Å². The van der Waals surface area contributed by atoms with E-state index in [0.29, 0.717) is 6.54 Å². The van der Waals surface area contributed by atoms with Gasteiger partial charge in [-0.15, -0.1) is 0 Å². The van der Waals surface area contributed by atoms with Crippen LogP contribution in [-0.4, -0.2) is 40.8 Å². The van der Waals surface area contributed by atoms with Gasteiger partial charge in [0.2, 0.25) is 5.91 Å². The molecule has 1 amide bonds. The maximum absolute atomic E-state index is 12.7. The molecule has 0 fully saturated rings. The van der Waals surface area contributed by atoms with Crippen LogP contribution in [0.2, 0.25) is 0 Å². The van der Waals surface area contributed by atoms with Gasteiger partial charge < -0.3 is 4.90 Å². The number of allylic oxidation sites excluding steroid dienone is 1. The Balaban J connectivity index is 2.12. The standard InChI is InChI=1S/C16H25N3O3S/c1-11(2)19(9-15-12(3)17-18(5)13(15)4)16(20)8-14-6-7-23(21,22)10-14/h6-7,11,14H,8-10H2,1-5H3. The minimum atomic E-state index is -3.12. The third-order valence-corrected chi connectivity index (χ3v) is 5.84. The molecular weight excluding hydrogens is 314 g/mol. The average molecular weight is 339 g/mol. The lowest BCUT2D eigenvalue weighted by molar-refractivity contribution is -0.134. The van der Waals surface area contributed by atoms with Gasteiger partial charge in [-0.25, -0.2) is 8.42 Å². The van der Waals surface area contributed by atoms with E-state index in [-0.39, 0.29) is 30.0 Å². The summed E-state index contributed by atoms with van der Waals surface area (Å²) in [5.74, 6) is -0.199. The normalized spacial score (nSPS) is 19.5. The largest absolute Gasteiger partial charge is 0.336 e. The molecule has 23 heavy (non-hydrogen) atoms. The summed E-state index contributed by atoms with van der Waals surface area (Å²) < 4.78 is 24.8. The van der Waals surface area contributed by atoms with Crippen LogP contribution < -0.4 is 0 Å². The third kappa shape index (κ3) is 4.02. The highest BCUT2D eigenvalue weighted by Gasteiger charge is 2.27. The van der Waals surface area contributed by atoms with E-state index in [1.165, 1.54) is 5.41 Å². The number of sulfone groups is 1. The summed E-state index contributed by atoms with van der Waals surface area (Å²) in [5.41, 5.74) is 3.03. The van der Waals surface area contributed by atoms with Crippen LogP contribution in [0.1, 0.15) is 37.2 Å². The molecule has 1 aromatic rings. The second-order valence-corrected chi connectivity index (χ2v) is 8.44. The maximum Gasteiger partial charge on any atom is 0.223 e. The Labute approximate surface area is 138 Å². The minimum absolute atomic E-state index is 0.0191. The molecule has 0 N–H and O–H groups in total. The number of carbonyl (C=O) groups is 1. The van der Waals surface area contributed by atoms with E-state index in [1.807, 2.05) is 39.4 Å². The van der Waals surface area contributed by atoms with E-state index in [9.17, 15) is 13.2 Å². The van der Waals surface area contributed by atoms with Gasteiger partial charge >= 0.3 is 0 Å². The Bertz CT molecular complexity index is 732. The molecule has 6 nitrogen and oxygen atoms in total. The van der Waals surface area contributed by atoms with E-state index in [4.69, 9.17) is 0 Å². The number of carbonyl (C=O) groups excluding carboxylic acids is 1. The molecule has 2 heterocycles. The van der Waals surface area contributed by atoms with Crippen LogP contribution in [0.5, 0.6) is 0 Å². The van der Waals surface area contributed by atoms with Crippen LogP contribution >= 0.6 is 0 Å². The van der Waals surface area contributed by atoms with Crippen LogP contribution in [-0.2, 0) is 28.2 Å². The van der Waals surface area contributed by atoms with Gasteiger partial charge in [-0.3, -0.25) is 9.48 Å². The molecule has 128 valence electrons.